The maximum absolute atomic E-state index is 12.4. The third kappa shape index (κ3) is 5.24. The lowest BCUT2D eigenvalue weighted by Gasteiger charge is -2.11. The van der Waals surface area contributed by atoms with Crippen LogP contribution in [0.5, 0.6) is 0 Å². The Morgan fingerprint density at radius 3 is 2.28 bits per heavy atom. The number of nitrogens with zero attached hydrogens (tertiary/aromatic N) is 3. The topological polar surface area (TPSA) is 79.3 Å². The van der Waals surface area contributed by atoms with E-state index in [1.54, 1.807) is 50.3 Å². The maximum Gasteiger partial charge on any atom is 0.287 e. The van der Waals surface area contributed by atoms with Crippen molar-refractivity contribution in [1.29, 1.82) is 0 Å². The highest BCUT2D eigenvalue weighted by Crippen LogP contribution is 2.35. The molecule has 0 bridgehead atoms. The molecule has 0 saturated carbocycles. The van der Waals surface area contributed by atoms with Crippen LogP contribution in [0.1, 0.15) is 15.2 Å². The van der Waals surface area contributed by atoms with E-state index in [2.05, 4.69) is 4.40 Å². The van der Waals surface area contributed by atoms with Gasteiger partial charge >= 0.3 is 0 Å². The summed E-state index contributed by atoms with van der Waals surface area (Å²) in [5.41, 5.74) is 3.81. The highest BCUT2D eigenvalue weighted by Gasteiger charge is 2.18. The van der Waals surface area contributed by atoms with Crippen molar-refractivity contribution in [2.75, 3.05) is 28.3 Å². The first-order chi connectivity index (χ1) is 15.1. The van der Waals surface area contributed by atoms with Crippen LogP contribution < -0.4 is 0 Å². The van der Waals surface area contributed by atoms with Crippen molar-refractivity contribution in [3.63, 3.8) is 0 Å². The van der Waals surface area contributed by atoms with Gasteiger partial charge in [-0.25, -0.2) is 5.06 Å². The number of amides is 1. The number of thiophene rings is 1. The molecular weight excluding hydrogens is 446 g/mol. The molecule has 1 aromatic heterocycles. The van der Waals surface area contributed by atoms with Gasteiger partial charge < -0.3 is 4.90 Å². The monoisotopic (exact) mass is 471 g/mol. The predicted octanol–water partition coefficient (Wildman–Crippen LogP) is 4.30. The van der Waals surface area contributed by atoms with E-state index in [0.29, 0.717) is 4.88 Å². The molecule has 0 saturated heterocycles. The highest BCUT2D eigenvalue weighted by atomic mass is 32.2. The van der Waals surface area contributed by atoms with Crippen LogP contribution in [0.25, 0.3) is 21.6 Å². The normalized spacial score (nSPS) is 11.7. The van der Waals surface area contributed by atoms with E-state index < -0.39 is 10.0 Å². The molecule has 0 N–H and O–H groups in total. The Morgan fingerprint density at radius 1 is 1.00 bits per heavy atom. The molecule has 0 spiro atoms. The number of sulfonamides is 1. The fourth-order valence-corrected chi connectivity index (χ4v) is 5.04. The lowest BCUT2D eigenvalue weighted by molar-refractivity contribution is -0.0753. The lowest BCUT2D eigenvalue weighted by Crippen LogP contribution is -2.24. The summed E-state index contributed by atoms with van der Waals surface area (Å²) in [4.78, 5) is 20.7. The average Bonchev–Trinajstić information content (AvgIpc) is 3.18. The first kappa shape index (κ1) is 23.6. The summed E-state index contributed by atoms with van der Waals surface area (Å²) in [7, 11) is 2.70. The van der Waals surface area contributed by atoms with Crippen molar-refractivity contribution in [3.05, 3.63) is 65.0 Å². The van der Waals surface area contributed by atoms with Crippen LogP contribution in [-0.2, 0) is 14.9 Å². The molecular formula is C23H25N3O4S2. The van der Waals surface area contributed by atoms with Crippen LogP contribution in [0, 0.1) is 6.92 Å². The second-order valence-electron chi connectivity index (χ2n) is 7.37. The van der Waals surface area contributed by atoms with Gasteiger partial charge in [0, 0.05) is 26.0 Å². The Morgan fingerprint density at radius 2 is 1.66 bits per heavy atom. The third-order valence-electron chi connectivity index (χ3n) is 4.72. The molecule has 0 aliphatic carbocycles. The lowest BCUT2D eigenvalue weighted by atomic mass is 10.0. The van der Waals surface area contributed by atoms with Gasteiger partial charge in [0.15, 0.2) is 0 Å². The van der Waals surface area contributed by atoms with Crippen LogP contribution in [0.4, 0.5) is 0 Å². The van der Waals surface area contributed by atoms with Gasteiger partial charge in [0.05, 0.1) is 16.9 Å². The minimum absolute atomic E-state index is 0.134. The molecule has 0 atom stereocenters. The Balaban J connectivity index is 1.91. The van der Waals surface area contributed by atoms with Crippen molar-refractivity contribution in [2.45, 2.75) is 11.8 Å². The smallest absolute Gasteiger partial charge is 0.287 e. The summed E-state index contributed by atoms with van der Waals surface area (Å²) in [5.74, 6) is -0.197. The average molecular weight is 472 g/mol. The van der Waals surface area contributed by atoms with E-state index in [9.17, 15) is 13.2 Å². The number of carbonyl (C=O) groups is 1. The molecule has 168 valence electrons. The predicted molar refractivity (Wildman–Crippen MR) is 128 cm³/mol. The van der Waals surface area contributed by atoms with Crippen LogP contribution in [0.3, 0.4) is 0 Å². The maximum atomic E-state index is 12.4. The third-order valence-corrected chi connectivity index (χ3v) is 7.23. The van der Waals surface area contributed by atoms with E-state index >= 15 is 0 Å². The second-order valence-corrected chi connectivity index (χ2v) is 10.1. The first-order valence-corrected chi connectivity index (χ1v) is 12.0. The van der Waals surface area contributed by atoms with Gasteiger partial charge in [-0.05, 0) is 53.4 Å². The molecule has 0 unspecified atom stereocenters. The first-order valence-electron chi connectivity index (χ1n) is 9.72. The Hall–Kier alpha value is -3.01. The molecule has 0 radical (unpaired) electrons. The largest absolute Gasteiger partial charge is 0.368 e. The van der Waals surface area contributed by atoms with E-state index in [1.807, 2.05) is 37.3 Å². The summed E-state index contributed by atoms with van der Waals surface area (Å²) in [6, 6.07) is 16.4. The second kappa shape index (κ2) is 9.64. The van der Waals surface area contributed by atoms with Gasteiger partial charge in [0.2, 0.25) is 0 Å². The van der Waals surface area contributed by atoms with Crippen molar-refractivity contribution in [3.8, 4) is 21.6 Å². The molecule has 3 rings (SSSR count). The molecule has 3 aromatic rings. The zero-order valence-electron chi connectivity index (χ0n) is 18.6. The van der Waals surface area contributed by atoms with Crippen LogP contribution in [0.2, 0.25) is 0 Å². The molecule has 1 heterocycles. The van der Waals surface area contributed by atoms with Gasteiger partial charge in [-0.3, -0.25) is 9.63 Å². The Bertz CT molecular complexity index is 1250. The minimum atomic E-state index is -3.74. The van der Waals surface area contributed by atoms with Crippen molar-refractivity contribution in [2.24, 2.45) is 4.40 Å². The van der Waals surface area contributed by atoms with E-state index in [4.69, 9.17) is 4.84 Å². The zero-order valence-corrected chi connectivity index (χ0v) is 20.2. The highest BCUT2D eigenvalue weighted by molar-refractivity contribution is 7.90. The van der Waals surface area contributed by atoms with E-state index in [0.717, 1.165) is 27.1 Å². The fourth-order valence-electron chi connectivity index (χ4n) is 2.99. The molecule has 0 aliphatic heterocycles. The molecule has 32 heavy (non-hydrogen) atoms. The van der Waals surface area contributed by atoms with Crippen LogP contribution >= 0.6 is 11.3 Å². The molecule has 9 heteroatoms. The van der Waals surface area contributed by atoms with Crippen molar-refractivity contribution in [1.82, 2.24) is 9.96 Å². The molecule has 0 fully saturated rings. The summed E-state index contributed by atoms with van der Waals surface area (Å²) in [6.45, 7) is 1.97. The quantitative estimate of drug-likeness (QED) is 0.292. The van der Waals surface area contributed by atoms with E-state index in [1.165, 1.54) is 29.8 Å². The number of hydrogen-bond donors (Lipinski definition) is 0. The van der Waals surface area contributed by atoms with Crippen LogP contribution in [-0.4, -0.2) is 58.9 Å². The van der Waals surface area contributed by atoms with Gasteiger partial charge in [-0.2, -0.15) is 8.42 Å². The molecule has 1 amide bonds. The number of aryl methyl sites for hydroxylation is 1. The number of rotatable bonds is 7. The number of hydrogen-bond acceptors (Lipinski definition) is 5. The summed E-state index contributed by atoms with van der Waals surface area (Å²) < 4.78 is 28.3. The van der Waals surface area contributed by atoms with Crippen molar-refractivity contribution >= 4 is 33.6 Å². The molecule has 2 aromatic carbocycles. The summed E-state index contributed by atoms with van der Waals surface area (Å²) in [5, 5.41) is 1.20. The van der Waals surface area contributed by atoms with Gasteiger partial charge in [0.1, 0.15) is 6.34 Å². The Kier molecular flexibility index (Phi) is 7.12. The minimum Gasteiger partial charge on any atom is -0.368 e. The number of benzene rings is 2. The van der Waals surface area contributed by atoms with Crippen LogP contribution in [0.15, 0.2) is 63.9 Å². The van der Waals surface area contributed by atoms with E-state index in [-0.39, 0.29) is 10.8 Å². The summed E-state index contributed by atoms with van der Waals surface area (Å²) >= 11 is 1.41. The van der Waals surface area contributed by atoms with Gasteiger partial charge in [0.25, 0.3) is 15.9 Å². The zero-order chi connectivity index (χ0) is 23.5. The number of hydroxylamine groups is 2. The number of carbonyl (C=O) groups excluding carboxylic acids is 1. The fraction of sp³-hybridized carbons (Fsp3) is 0.217. The van der Waals surface area contributed by atoms with Gasteiger partial charge in [-0.1, -0.05) is 30.3 Å². The summed E-state index contributed by atoms with van der Waals surface area (Å²) in [6.07, 6.45) is 1.26. The van der Waals surface area contributed by atoms with Crippen molar-refractivity contribution < 1.29 is 18.0 Å². The SMILES string of the molecule is CON(C)C(=O)c1cc(C)c(-c2cccc(-c3ccc(S(=O)(=O)/N=C/N(C)C)cc3)c2)s1. The standard InChI is InChI=1S/C23H25N3O4S2/c1-16-13-21(23(27)26(4)30-5)31-22(16)19-8-6-7-18(14-19)17-9-11-20(12-10-17)32(28,29)24-15-25(2)3/h6-15H,1-5H3/b24-15+. The Labute approximate surface area is 192 Å². The molecule has 7 nitrogen and oxygen atoms in total. The van der Waals surface area contributed by atoms with Gasteiger partial charge in [-0.15, -0.1) is 15.7 Å². The molecule has 0 aliphatic rings.